The minimum atomic E-state index is -0.278. The van der Waals surface area contributed by atoms with Gasteiger partial charge in [0, 0.05) is 22.5 Å². The smallest absolute Gasteiger partial charge is 0.311 e. The largest absolute Gasteiger partial charge is 0.466 e. The van der Waals surface area contributed by atoms with Crippen molar-refractivity contribution in [3.63, 3.8) is 0 Å². The quantitative estimate of drug-likeness (QED) is 0.423. The Balaban J connectivity index is 1.66. The lowest BCUT2D eigenvalue weighted by atomic mass is 10.1. The highest BCUT2D eigenvalue weighted by Crippen LogP contribution is 2.17. The summed E-state index contributed by atoms with van der Waals surface area (Å²) >= 11 is 1.39. The predicted molar refractivity (Wildman–Crippen MR) is 95.4 cm³/mol. The average Bonchev–Trinajstić information content (AvgIpc) is 3.02. The van der Waals surface area contributed by atoms with Gasteiger partial charge in [0.1, 0.15) is 0 Å². The highest BCUT2D eigenvalue weighted by molar-refractivity contribution is 7.13. The van der Waals surface area contributed by atoms with Crippen molar-refractivity contribution < 1.29 is 9.53 Å². The maximum Gasteiger partial charge on any atom is 0.311 e. The topological polar surface area (TPSA) is 76.5 Å². The van der Waals surface area contributed by atoms with Crippen LogP contribution in [0.2, 0.25) is 0 Å². The van der Waals surface area contributed by atoms with E-state index in [0.29, 0.717) is 17.4 Å². The molecule has 0 fully saturated rings. The zero-order chi connectivity index (χ0) is 16.8. The number of thiazole rings is 1. The van der Waals surface area contributed by atoms with Gasteiger partial charge in [0.25, 0.3) is 0 Å². The summed E-state index contributed by atoms with van der Waals surface area (Å²) in [6.45, 7) is 2.15. The Morgan fingerprint density at radius 1 is 1.38 bits per heavy atom. The van der Waals surface area contributed by atoms with E-state index in [2.05, 4.69) is 20.5 Å². The van der Waals surface area contributed by atoms with E-state index in [1.807, 2.05) is 35.7 Å². The van der Waals surface area contributed by atoms with Crippen LogP contribution in [0, 0.1) is 0 Å². The third-order valence-corrected chi connectivity index (χ3v) is 4.01. The maximum absolute atomic E-state index is 11.4. The SMILES string of the molecule is CCOC(=O)Cc1csc(NN=Cc2cccc3cccnc23)n1. The standard InChI is InChI=1S/C17H16N4O2S/c1-2-23-15(22)9-14-11-24-17(20-14)21-19-10-13-6-3-5-12-7-4-8-18-16(12)13/h3-8,10-11H,2,9H2,1H3,(H,20,21). The number of anilines is 1. The minimum Gasteiger partial charge on any atom is -0.466 e. The molecule has 1 aromatic carbocycles. The number of nitrogens with zero attached hydrogens (tertiary/aromatic N) is 3. The number of benzene rings is 1. The van der Waals surface area contributed by atoms with Gasteiger partial charge >= 0.3 is 5.97 Å². The lowest BCUT2D eigenvalue weighted by Gasteiger charge is -2.00. The number of hydrogen-bond donors (Lipinski definition) is 1. The lowest BCUT2D eigenvalue weighted by Crippen LogP contribution is -2.07. The number of aromatic nitrogens is 2. The van der Waals surface area contributed by atoms with Crippen molar-refractivity contribution in [2.75, 3.05) is 12.0 Å². The maximum atomic E-state index is 11.4. The molecule has 0 aliphatic carbocycles. The molecular formula is C17H16N4O2S. The molecule has 24 heavy (non-hydrogen) atoms. The Hall–Kier alpha value is -2.80. The molecule has 0 radical (unpaired) electrons. The van der Waals surface area contributed by atoms with Gasteiger partial charge in [-0.05, 0) is 13.0 Å². The van der Waals surface area contributed by atoms with Gasteiger partial charge in [0.05, 0.1) is 30.5 Å². The number of carbonyl (C=O) groups is 1. The fraction of sp³-hybridized carbons (Fsp3) is 0.176. The number of hydrogen-bond acceptors (Lipinski definition) is 7. The van der Waals surface area contributed by atoms with E-state index in [0.717, 1.165) is 16.5 Å². The summed E-state index contributed by atoms with van der Waals surface area (Å²) in [4.78, 5) is 20.1. The number of ether oxygens (including phenoxy) is 1. The summed E-state index contributed by atoms with van der Waals surface area (Å²) < 4.78 is 4.90. The molecule has 3 aromatic rings. The third kappa shape index (κ3) is 3.94. The van der Waals surface area contributed by atoms with E-state index in [1.165, 1.54) is 11.3 Å². The Morgan fingerprint density at radius 2 is 2.25 bits per heavy atom. The van der Waals surface area contributed by atoms with Crippen LogP contribution < -0.4 is 5.43 Å². The molecule has 0 bridgehead atoms. The highest BCUT2D eigenvalue weighted by Gasteiger charge is 2.07. The molecule has 0 amide bonds. The van der Waals surface area contributed by atoms with Crippen molar-refractivity contribution >= 4 is 39.6 Å². The Kier molecular flexibility index (Phi) is 5.12. The molecule has 1 N–H and O–H groups in total. The van der Waals surface area contributed by atoms with Gasteiger partial charge in [-0.2, -0.15) is 5.10 Å². The minimum absolute atomic E-state index is 0.170. The number of nitrogens with one attached hydrogen (secondary N) is 1. The number of hydrazone groups is 1. The first-order valence-electron chi connectivity index (χ1n) is 7.49. The number of esters is 1. The fourth-order valence-corrected chi connectivity index (χ4v) is 2.85. The second-order valence-corrected chi connectivity index (χ2v) is 5.78. The monoisotopic (exact) mass is 340 g/mol. The van der Waals surface area contributed by atoms with Crippen LogP contribution in [-0.4, -0.2) is 28.8 Å². The zero-order valence-corrected chi connectivity index (χ0v) is 13.9. The number of pyridine rings is 1. The molecule has 0 unspecified atom stereocenters. The van der Waals surface area contributed by atoms with Crippen LogP contribution in [0.15, 0.2) is 47.0 Å². The highest BCUT2D eigenvalue weighted by atomic mass is 32.1. The first kappa shape index (κ1) is 16.1. The molecule has 0 spiro atoms. The van der Waals surface area contributed by atoms with Crippen molar-refractivity contribution in [3.8, 4) is 0 Å². The summed E-state index contributed by atoms with van der Waals surface area (Å²) in [5, 5.41) is 7.71. The summed E-state index contributed by atoms with van der Waals surface area (Å²) in [5.41, 5.74) is 5.37. The van der Waals surface area contributed by atoms with Crippen molar-refractivity contribution in [1.82, 2.24) is 9.97 Å². The summed E-state index contributed by atoms with van der Waals surface area (Å²) in [7, 11) is 0. The summed E-state index contributed by atoms with van der Waals surface area (Å²) in [6.07, 6.45) is 3.64. The van der Waals surface area contributed by atoms with Gasteiger partial charge in [-0.3, -0.25) is 15.2 Å². The van der Waals surface area contributed by atoms with Crippen molar-refractivity contribution in [1.29, 1.82) is 0 Å². The molecule has 0 aliphatic rings. The molecule has 0 saturated heterocycles. The van der Waals surface area contributed by atoms with Gasteiger partial charge in [0.2, 0.25) is 5.13 Å². The molecule has 0 atom stereocenters. The number of carbonyl (C=O) groups excluding carboxylic acids is 1. The second-order valence-electron chi connectivity index (χ2n) is 4.92. The first-order chi connectivity index (χ1) is 11.8. The number of fused-ring (bicyclic) bond motifs is 1. The zero-order valence-electron chi connectivity index (χ0n) is 13.1. The van der Waals surface area contributed by atoms with Crippen LogP contribution in [0.25, 0.3) is 10.9 Å². The molecule has 6 nitrogen and oxygen atoms in total. The molecule has 2 aromatic heterocycles. The molecule has 0 saturated carbocycles. The van der Waals surface area contributed by atoms with Crippen LogP contribution in [-0.2, 0) is 16.0 Å². The Labute approximate surface area is 143 Å². The van der Waals surface area contributed by atoms with Crippen molar-refractivity contribution in [2.45, 2.75) is 13.3 Å². The van der Waals surface area contributed by atoms with E-state index in [9.17, 15) is 4.79 Å². The van der Waals surface area contributed by atoms with Gasteiger partial charge in [-0.15, -0.1) is 11.3 Å². The van der Waals surface area contributed by atoms with Gasteiger partial charge in [0.15, 0.2) is 0 Å². The van der Waals surface area contributed by atoms with E-state index in [4.69, 9.17) is 4.74 Å². The molecule has 122 valence electrons. The summed E-state index contributed by atoms with van der Waals surface area (Å²) in [6, 6.07) is 9.84. The average molecular weight is 340 g/mol. The van der Waals surface area contributed by atoms with Crippen LogP contribution in [0.1, 0.15) is 18.2 Å². The van der Waals surface area contributed by atoms with E-state index in [1.54, 1.807) is 19.3 Å². The van der Waals surface area contributed by atoms with E-state index < -0.39 is 0 Å². The predicted octanol–water partition coefficient (Wildman–Crippen LogP) is 3.24. The van der Waals surface area contributed by atoms with E-state index in [-0.39, 0.29) is 12.4 Å². The van der Waals surface area contributed by atoms with Crippen molar-refractivity contribution in [3.05, 3.63) is 53.2 Å². The van der Waals surface area contributed by atoms with Crippen LogP contribution in [0.4, 0.5) is 5.13 Å². The second kappa shape index (κ2) is 7.65. The molecule has 2 heterocycles. The molecule has 3 rings (SSSR count). The summed E-state index contributed by atoms with van der Waals surface area (Å²) in [5.74, 6) is -0.278. The molecular weight excluding hydrogens is 324 g/mol. The van der Waals surface area contributed by atoms with Crippen LogP contribution >= 0.6 is 11.3 Å². The number of para-hydroxylation sites is 1. The third-order valence-electron chi connectivity index (χ3n) is 3.21. The first-order valence-corrected chi connectivity index (χ1v) is 8.37. The Morgan fingerprint density at radius 3 is 3.12 bits per heavy atom. The van der Waals surface area contributed by atoms with Crippen LogP contribution in [0.5, 0.6) is 0 Å². The molecule has 7 heteroatoms. The fourth-order valence-electron chi connectivity index (χ4n) is 2.19. The van der Waals surface area contributed by atoms with Crippen molar-refractivity contribution in [2.24, 2.45) is 5.10 Å². The van der Waals surface area contributed by atoms with E-state index >= 15 is 0 Å². The van der Waals surface area contributed by atoms with Crippen LogP contribution in [0.3, 0.4) is 0 Å². The van der Waals surface area contributed by atoms with Gasteiger partial charge < -0.3 is 4.74 Å². The van der Waals surface area contributed by atoms with Gasteiger partial charge in [-0.25, -0.2) is 4.98 Å². The Bertz CT molecular complexity index is 870. The normalized spacial score (nSPS) is 11.0. The number of rotatable bonds is 6. The lowest BCUT2D eigenvalue weighted by molar-refractivity contribution is -0.142. The van der Waals surface area contributed by atoms with Gasteiger partial charge in [-0.1, -0.05) is 24.3 Å². The molecule has 0 aliphatic heterocycles.